The molecular weight excluding hydrogens is 322 g/mol. The van der Waals surface area contributed by atoms with Gasteiger partial charge >= 0.3 is 0 Å². The van der Waals surface area contributed by atoms with Gasteiger partial charge in [0.05, 0.1) is 6.20 Å². The topological polar surface area (TPSA) is 55.2 Å². The Bertz CT molecular complexity index is 635. The number of piperidine rings is 1. The summed E-state index contributed by atoms with van der Waals surface area (Å²) in [6.07, 6.45) is 10.7. The highest BCUT2D eigenvalue weighted by Gasteiger charge is 2.31. The maximum absolute atomic E-state index is 6.08. The second-order valence-corrected chi connectivity index (χ2v) is 7.60. The first-order valence-electron chi connectivity index (χ1n) is 8.80. The second-order valence-electron chi connectivity index (χ2n) is 6.73. The van der Waals surface area contributed by atoms with Crippen molar-refractivity contribution >= 4 is 16.5 Å². The van der Waals surface area contributed by atoms with E-state index in [9.17, 15) is 0 Å². The van der Waals surface area contributed by atoms with Crippen LogP contribution >= 0.6 is 11.3 Å². The number of nitrogens with one attached hydrogen (secondary N) is 1. The van der Waals surface area contributed by atoms with E-state index in [-0.39, 0.29) is 6.10 Å². The third-order valence-corrected chi connectivity index (χ3v) is 5.84. The first-order chi connectivity index (χ1) is 11.8. The lowest BCUT2D eigenvalue weighted by Gasteiger charge is -2.38. The van der Waals surface area contributed by atoms with Crippen LogP contribution in [-0.4, -0.2) is 46.5 Å². The van der Waals surface area contributed by atoms with Crippen molar-refractivity contribution in [3.05, 3.63) is 29.5 Å². The quantitative estimate of drug-likeness (QED) is 0.920. The predicted octanol–water partition coefficient (Wildman–Crippen LogP) is 2.36. The molecule has 2 saturated heterocycles. The van der Waals surface area contributed by atoms with Crippen LogP contribution < -0.4 is 10.2 Å². The molecule has 0 aliphatic carbocycles. The fourth-order valence-corrected chi connectivity index (χ4v) is 4.48. The summed E-state index contributed by atoms with van der Waals surface area (Å²) in [6, 6.07) is 0.950. The van der Waals surface area contributed by atoms with E-state index < -0.39 is 0 Å². The van der Waals surface area contributed by atoms with Crippen LogP contribution in [0.25, 0.3) is 0 Å². The third kappa shape index (κ3) is 3.48. The van der Waals surface area contributed by atoms with Crippen LogP contribution in [0.1, 0.15) is 37.4 Å². The van der Waals surface area contributed by atoms with Gasteiger partial charge in [0.1, 0.15) is 6.10 Å². The molecule has 4 heterocycles. The maximum Gasteiger partial charge on any atom is 0.185 e. The van der Waals surface area contributed by atoms with Gasteiger partial charge in [-0.15, -0.1) is 11.3 Å². The molecule has 0 amide bonds. The van der Waals surface area contributed by atoms with Crippen molar-refractivity contribution in [3.8, 4) is 0 Å². The molecule has 2 aliphatic rings. The van der Waals surface area contributed by atoms with Crippen LogP contribution in [-0.2, 0) is 11.8 Å². The lowest BCUT2D eigenvalue weighted by atomic mass is 9.95. The minimum absolute atomic E-state index is 0.129. The first-order valence-corrected chi connectivity index (χ1v) is 9.68. The number of thiazole rings is 1. The van der Waals surface area contributed by atoms with E-state index in [1.165, 1.54) is 12.0 Å². The second kappa shape index (κ2) is 7.21. The Hall–Kier alpha value is -1.44. The van der Waals surface area contributed by atoms with E-state index in [4.69, 9.17) is 4.74 Å². The van der Waals surface area contributed by atoms with Crippen molar-refractivity contribution in [1.29, 1.82) is 0 Å². The average Bonchev–Trinajstić information content (AvgIpc) is 3.28. The van der Waals surface area contributed by atoms with Crippen molar-refractivity contribution < 1.29 is 4.74 Å². The summed E-state index contributed by atoms with van der Waals surface area (Å²) < 4.78 is 7.93. The Labute approximate surface area is 146 Å². The molecule has 1 N–H and O–H groups in total. The van der Waals surface area contributed by atoms with Crippen LogP contribution in [0.15, 0.2) is 24.0 Å². The molecule has 2 fully saturated rings. The highest BCUT2D eigenvalue weighted by molar-refractivity contribution is 7.13. The van der Waals surface area contributed by atoms with Crippen molar-refractivity contribution in [2.45, 2.75) is 43.9 Å². The van der Waals surface area contributed by atoms with E-state index in [2.05, 4.69) is 31.9 Å². The average molecular weight is 347 g/mol. The van der Waals surface area contributed by atoms with E-state index >= 15 is 0 Å². The zero-order valence-corrected chi connectivity index (χ0v) is 14.9. The number of aryl methyl sites for hydroxylation is 1. The van der Waals surface area contributed by atoms with Crippen molar-refractivity contribution in [2.24, 2.45) is 7.05 Å². The van der Waals surface area contributed by atoms with E-state index in [1.54, 1.807) is 11.3 Å². The largest absolute Gasteiger partial charge is 0.372 e. The fraction of sp³-hybridized carbons (Fsp3) is 0.647. The molecule has 0 aromatic carbocycles. The molecule has 6 nitrogen and oxygen atoms in total. The summed E-state index contributed by atoms with van der Waals surface area (Å²) in [5.74, 6) is 0. The maximum atomic E-state index is 6.08. The number of anilines is 1. The van der Waals surface area contributed by atoms with Crippen LogP contribution in [0, 0.1) is 0 Å². The van der Waals surface area contributed by atoms with E-state index in [0.29, 0.717) is 12.1 Å². The molecule has 2 aromatic heterocycles. The molecule has 0 bridgehead atoms. The van der Waals surface area contributed by atoms with Gasteiger partial charge in [0.15, 0.2) is 5.13 Å². The normalized spacial score (nSPS) is 26.0. The Kier molecular flexibility index (Phi) is 4.82. The Morgan fingerprint density at radius 1 is 1.29 bits per heavy atom. The van der Waals surface area contributed by atoms with E-state index in [0.717, 1.165) is 44.1 Å². The highest BCUT2D eigenvalue weighted by atomic mass is 32.1. The van der Waals surface area contributed by atoms with Crippen LogP contribution in [0.2, 0.25) is 0 Å². The minimum Gasteiger partial charge on any atom is -0.372 e. The Morgan fingerprint density at radius 3 is 2.88 bits per heavy atom. The van der Waals surface area contributed by atoms with Gasteiger partial charge in [-0.3, -0.25) is 4.68 Å². The SMILES string of the molecule is Cn1cc([C@H]2OCCC[C@@H]2NC2CCN(c3nccs3)CC2)cn1. The lowest BCUT2D eigenvalue weighted by Crippen LogP contribution is -2.49. The van der Waals surface area contributed by atoms with Gasteiger partial charge in [0.25, 0.3) is 0 Å². The summed E-state index contributed by atoms with van der Waals surface area (Å²) in [5, 5.41) is 11.4. The molecular formula is C17H25N5OS. The monoisotopic (exact) mass is 347 g/mol. The van der Waals surface area contributed by atoms with Gasteiger partial charge in [-0.2, -0.15) is 5.10 Å². The highest BCUT2D eigenvalue weighted by Crippen LogP contribution is 2.30. The van der Waals surface area contributed by atoms with Crippen LogP contribution in [0.4, 0.5) is 5.13 Å². The summed E-state index contributed by atoms with van der Waals surface area (Å²) in [7, 11) is 1.96. The molecule has 0 radical (unpaired) electrons. The van der Waals surface area contributed by atoms with Gasteiger partial charge < -0.3 is 15.0 Å². The molecule has 2 aliphatic heterocycles. The molecule has 130 valence electrons. The number of nitrogens with zero attached hydrogens (tertiary/aromatic N) is 4. The lowest BCUT2D eigenvalue weighted by molar-refractivity contribution is -0.0147. The van der Waals surface area contributed by atoms with Crippen LogP contribution in [0.5, 0.6) is 0 Å². The van der Waals surface area contributed by atoms with Gasteiger partial charge in [-0.25, -0.2) is 4.98 Å². The number of hydrogen-bond donors (Lipinski definition) is 1. The first kappa shape index (κ1) is 16.1. The zero-order valence-electron chi connectivity index (χ0n) is 14.1. The molecule has 0 unspecified atom stereocenters. The number of ether oxygens (including phenoxy) is 1. The number of rotatable bonds is 4. The van der Waals surface area contributed by atoms with Crippen molar-refractivity contribution in [3.63, 3.8) is 0 Å². The third-order valence-electron chi connectivity index (χ3n) is 5.01. The molecule has 0 saturated carbocycles. The molecule has 0 spiro atoms. The zero-order chi connectivity index (χ0) is 16.4. The Morgan fingerprint density at radius 2 is 2.17 bits per heavy atom. The predicted molar refractivity (Wildman–Crippen MR) is 95.4 cm³/mol. The summed E-state index contributed by atoms with van der Waals surface area (Å²) in [4.78, 5) is 6.83. The van der Waals surface area contributed by atoms with Crippen molar-refractivity contribution in [2.75, 3.05) is 24.6 Å². The summed E-state index contributed by atoms with van der Waals surface area (Å²) >= 11 is 1.73. The van der Waals surface area contributed by atoms with Gasteiger partial charge in [-0.1, -0.05) is 0 Å². The smallest absolute Gasteiger partial charge is 0.185 e. The standard InChI is InChI=1S/C17H25N5OS/c1-21-12-13(11-19-21)16-15(3-2-9-23-16)20-14-4-7-22(8-5-14)17-18-6-10-24-17/h6,10-12,14-16,20H,2-5,7-9H2,1H3/t15-,16+/m0/s1. The summed E-state index contributed by atoms with van der Waals surface area (Å²) in [6.45, 7) is 3.01. The Balaban J connectivity index is 1.35. The van der Waals surface area contributed by atoms with E-state index in [1.807, 2.05) is 24.1 Å². The number of aromatic nitrogens is 3. The van der Waals surface area contributed by atoms with Crippen molar-refractivity contribution in [1.82, 2.24) is 20.1 Å². The fourth-order valence-electron chi connectivity index (χ4n) is 3.78. The molecule has 4 rings (SSSR count). The van der Waals surface area contributed by atoms with Gasteiger partial charge in [0, 0.05) is 62.2 Å². The molecule has 24 heavy (non-hydrogen) atoms. The molecule has 7 heteroatoms. The number of hydrogen-bond acceptors (Lipinski definition) is 6. The minimum atomic E-state index is 0.129. The van der Waals surface area contributed by atoms with Crippen LogP contribution in [0.3, 0.4) is 0 Å². The summed E-state index contributed by atoms with van der Waals surface area (Å²) in [5.41, 5.74) is 1.19. The molecule has 2 atom stereocenters. The van der Waals surface area contributed by atoms with Gasteiger partial charge in [-0.05, 0) is 25.7 Å². The van der Waals surface area contributed by atoms with Gasteiger partial charge in [0.2, 0.25) is 0 Å². The molecule has 2 aromatic rings.